The van der Waals surface area contributed by atoms with Crippen molar-refractivity contribution in [2.45, 2.75) is 0 Å². The van der Waals surface area contributed by atoms with Crippen molar-refractivity contribution in [1.29, 1.82) is 0 Å². The molecular weight excluding hydrogens is 264 g/mol. The molecule has 0 saturated carbocycles. The van der Waals surface area contributed by atoms with Gasteiger partial charge in [-0.05, 0) is 30.3 Å². The fourth-order valence-corrected chi connectivity index (χ4v) is 2.07. The molecular formula is C17H16N2O2. The van der Waals surface area contributed by atoms with Crippen molar-refractivity contribution >= 4 is 28.9 Å². The summed E-state index contributed by atoms with van der Waals surface area (Å²) < 4.78 is 5.60. The molecule has 0 aliphatic heterocycles. The molecule has 106 valence electrons. The first-order valence-electron chi connectivity index (χ1n) is 6.67. The summed E-state index contributed by atoms with van der Waals surface area (Å²) in [5.74, 6) is 0.751. The van der Waals surface area contributed by atoms with E-state index in [9.17, 15) is 5.11 Å². The topological polar surface area (TPSA) is 49.5 Å². The number of anilines is 1. The summed E-state index contributed by atoms with van der Waals surface area (Å²) in [5, 5.41) is 10.0. The number of aromatic hydroxyl groups is 1. The summed E-state index contributed by atoms with van der Waals surface area (Å²) >= 11 is 0. The molecule has 0 fully saturated rings. The summed E-state index contributed by atoms with van der Waals surface area (Å²) in [7, 11) is 3.87. The van der Waals surface area contributed by atoms with Crippen molar-refractivity contribution in [2.75, 3.05) is 19.0 Å². The van der Waals surface area contributed by atoms with Gasteiger partial charge in [0.25, 0.3) is 0 Å². The molecule has 0 atom stereocenters. The van der Waals surface area contributed by atoms with Gasteiger partial charge in [0.05, 0.1) is 0 Å². The Kier molecular flexibility index (Phi) is 3.36. The van der Waals surface area contributed by atoms with Crippen LogP contribution in [-0.2, 0) is 0 Å². The molecule has 1 aromatic heterocycles. The predicted octanol–water partition coefficient (Wildman–Crippen LogP) is 3.77. The highest BCUT2D eigenvalue weighted by molar-refractivity contribution is 5.77. The standard InChI is InChI=1S/C17H16N2O2/c1-19(2)13-9-7-12(15(20)11-13)8-10-17-18-14-5-3-4-6-16(14)21-17/h3-11,20H,1-2H3/b10-8+. The molecule has 1 heterocycles. The molecule has 4 heteroatoms. The number of aromatic nitrogens is 1. The minimum Gasteiger partial charge on any atom is -0.507 e. The SMILES string of the molecule is CN(C)c1ccc(/C=C/c2nc3ccccc3o2)c(O)c1. The highest BCUT2D eigenvalue weighted by Gasteiger charge is 2.04. The van der Waals surface area contributed by atoms with Crippen LogP contribution in [0.25, 0.3) is 23.3 Å². The maximum atomic E-state index is 10.0. The van der Waals surface area contributed by atoms with Gasteiger partial charge in [-0.2, -0.15) is 0 Å². The van der Waals surface area contributed by atoms with Gasteiger partial charge in [0.2, 0.25) is 5.89 Å². The third-order valence-electron chi connectivity index (χ3n) is 3.25. The van der Waals surface area contributed by atoms with E-state index in [1.807, 2.05) is 55.4 Å². The minimum atomic E-state index is 0.230. The lowest BCUT2D eigenvalue weighted by Crippen LogP contribution is -2.08. The third-order valence-corrected chi connectivity index (χ3v) is 3.25. The van der Waals surface area contributed by atoms with Crippen LogP contribution < -0.4 is 4.90 Å². The number of hydrogen-bond acceptors (Lipinski definition) is 4. The van der Waals surface area contributed by atoms with Gasteiger partial charge in [-0.25, -0.2) is 4.98 Å². The molecule has 21 heavy (non-hydrogen) atoms. The molecule has 0 bridgehead atoms. The second kappa shape index (κ2) is 5.32. The smallest absolute Gasteiger partial charge is 0.220 e. The van der Waals surface area contributed by atoms with Gasteiger partial charge < -0.3 is 14.4 Å². The Morgan fingerprint density at radius 1 is 1.10 bits per heavy atom. The number of oxazole rings is 1. The van der Waals surface area contributed by atoms with Crippen molar-refractivity contribution in [1.82, 2.24) is 4.98 Å². The highest BCUT2D eigenvalue weighted by Crippen LogP contribution is 2.25. The van der Waals surface area contributed by atoms with E-state index in [0.29, 0.717) is 5.89 Å². The molecule has 0 saturated heterocycles. The van der Waals surface area contributed by atoms with E-state index in [0.717, 1.165) is 22.4 Å². The van der Waals surface area contributed by atoms with Gasteiger partial charge in [-0.1, -0.05) is 12.1 Å². The number of fused-ring (bicyclic) bond motifs is 1. The lowest BCUT2D eigenvalue weighted by atomic mass is 10.1. The van der Waals surface area contributed by atoms with Crippen LogP contribution in [0.2, 0.25) is 0 Å². The fraction of sp³-hybridized carbons (Fsp3) is 0.118. The van der Waals surface area contributed by atoms with Gasteiger partial charge in [-0.3, -0.25) is 0 Å². The predicted molar refractivity (Wildman–Crippen MR) is 85.4 cm³/mol. The van der Waals surface area contributed by atoms with Crippen LogP contribution in [0, 0.1) is 0 Å². The molecule has 1 N–H and O–H groups in total. The Hall–Kier alpha value is -2.75. The normalized spacial score (nSPS) is 11.3. The Bertz CT molecular complexity index is 770. The second-order valence-electron chi connectivity index (χ2n) is 4.99. The highest BCUT2D eigenvalue weighted by atomic mass is 16.3. The van der Waals surface area contributed by atoms with E-state index < -0.39 is 0 Å². The van der Waals surface area contributed by atoms with Gasteiger partial charge in [0.1, 0.15) is 11.3 Å². The number of phenolic OH excluding ortho intramolecular Hbond substituents is 1. The van der Waals surface area contributed by atoms with Gasteiger partial charge in [-0.15, -0.1) is 0 Å². The lowest BCUT2D eigenvalue weighted by molar-refractivity contribution is 0.474. The number of rotatable bonds is 3. The number of para-hydroxylation sites is 2. The van der Waals surface area contributed by atoms with Crippen LogP contribution in [0.1, 0.15) is 11.5 Å². The average Bonchev–Trinajstić information content (AvgIpc) is 2.88. The molecule has 4 nitrogen and oxygen atoms in total. The van der Waals surface area contributed by atoms with Gasteiger partial charge in [0.15, 0.2) is 5.58 Å². The minimum absolute atomic E-state index is 0.230. The molecule has 3 rings (SSSR count). The molecule has 0 aliphatic rings. The van der Waals surface area contributed by atoms with Crippen molar-refractivity contribution in [3.63, 3.8) is 0 Å². The summed E-state index contributed by atoms with van der Waals surface area (Å²) in [6.07, 6.45) is 3.55. The number of phenols is 1. The monoisotopic (exact) mass is 280 g/mol. The maximum absolute atomic E-state index is 10.0. The molecule has 0 unspecified atom stereocenters. The number of benzene rings is 2. The van der Waals surface area contributed by atoms with E-state index in [2.05, 4.69) is 4.98 Å². The summed E-state index contributed by atoms with van der Waals surface area (Å²) in [4.78, 5) is 6.30. The van der Waals surface area contributed by atoms with Crippen LogP contribution in [0.5, 0.6) is 5.75 Å². The van der Waals surface area contributed by atoms with Gasteiger partial charge >= 0.3 is 0 Å². The van der Waals surface area contributed by atoms with Crippen molar-refractivity contribution in [2.24, 2.45) is 0 Å². The molecule has 0 spiro atoms. The van der Waals surface area contributed by atoms with E-state index >= 15 is 0 Å². The van der Waals surface area contributed by atoms with Crippen LogP contribution in [0.15, 0.2) is 46.9 Å². The van der Waals surface area contributed by atoms with Crippen LogP contribution >= 0.6 is 0 Å². The number of hydrogen-bond donors (Lipinski definition) is 1. The van der Waals surface area contributed by atoms with Crippen molar-refractivity contribution in [3.8, 4) is 5.75 Å². The van der Waals surface area contributed by atoms with Gasteiger partial charge in [0, 0.05) is 37.5 Å². The van der Waals surface area contributed by atoms with Crippen LogP contribution in [0.4, 0.5) is 5.69 Å². The third kappa shape index (κ3) is 2.74. The van der Waals surface area contributed by atoms with E-state index in [1.54, 1.807) is 18.2 Å². The Balaban J connectivity index is 1.88. The molecule has 0 radical (unpaired) electrons. The summed E-state index contributed by atoms with van der Waals surface area (Å²) in [5.41, 5.74) is 3.25. The Morgan fingerprint density at radius 3 is 2.62 bits per heavy atom. The zero-order valence-corrected chi connectivity index (χ0v) is 11.9. The quantitative estimate of drug-likeness (QED) is 0.793. The first-order chi connectivity index (χ1) is 10.1. The van der Waals surface area contributed by atoms with E-state index in [4.69, 9.17) is 4.42 Å². The zero-order chi connectivity index (χ0) is 14.8. The molecule has 2 aromatic carbocycles. The second-order valence-corrected chi connectivity index (χ2v) is 4.99. The van der Waals surface area contributed by atoms with E-state index in [-0.39, 0.29) is 5.75 Å². The van der Waals surface area contributed by atoms with Crippen molar-refractivity contribution in [3.05, 3.63) is 53.9 Å². The zero-order valence-electron chi connectivity index (χ0n) is 11.9. The fourth-order valence-electron chi connectivity index (χ4n) is 2.07. The summed E-state index contributed by atoms with van der Waals surface area (Å²) in [6, 6.07) is 13.2. The Morgan fingerprint density at radius 2 is 1.90 bits per heavy atom. The van der Waals surface area contributed by atoms with Crippen molar-refractivity contribution < 1.29 is 9.52 Å². The average molecular weight is 280 g/mol. The first-order valence-corrected chi connectivity index (χ1v) is 6.67. The lowest BCUT2D eigenvalue weighted by Gasteiger charge is -2.13. The number of nitrogens with zero attached hydrogens (tertiary/aromatic N) is 2. The van der Waals surface area contributed by atoms with Crippen LogP contribution in [-0.4, -0.2) is 24.2 Å². The molecule has 3 aromatic rings. The molecule has 0 amide bonds. The largest absolute Gasteiger partial charge is 0.507 e. The van der Waals surface area contributed by atoms with E-state index in [1.165, 1.54) is 0 Å². The molecule has 0 aliphatic carbocycles. The Labute approximate surface area is 123 Å². The van der Waals surface area contributed by atoms with Crippen LogP contribution in [0.3, 0.4) is 0 Å². The maximum Gasteiger partial charge on any atom is 0.220 e. The first kappa shape index (κ1) is 13.2. The summed E-state index contributed by atoms with van der Waals surface area (Å²) in [6.45, 7) is 0.